The molecule has 3 unspecified atom stereocenters. The van der Waals surface area contributed by atoms with Crippen LogP contribution < -0.4 is 5.73 Å². The summed E-state index contributed by atoms with van der Waals surface area (Å²) in [4.78, 5) is 9.57. The molecule has 0 aromatic heterocycles. The number of aliphatic carboxylic acids is 1. The topological polar surface area (TPSA) is 164 Å². The van der Waals surface area contributed by atoms with Crippen LogP contribution in [-0.2, 0) is 4.79 Å². The first-order valence-corrected chi connectivity index (χ1v) is 4.52. The van der Waals surface area contributed by atoms with Gasteiger partial charge in [0.1, 0.15) is 24.4 Å². The van der Waals surface area contributed by atoms with Gasteiger partial charge in [-0.1, -0.05) is 0 Å². The van der Waals surface area contributed by atoms with Gasteiger partial charge in [-0.2, -0.15) is 0 Å². The van der Waals surface area contributed by atoms with Crippen LogP contribution in [0.1, 0.15) is 6.92 Å². The molecule has 98 valence electrons. The fraction of sp³-hybridized carbons (Fsp3) is 0.875. The molecule has 0 saturated carbocycles. The number of hydrogen-bond acceptors (Lipinski definition) is 7. The molecule has 8 N–H and O–H groups in total. The van der Waals surface area contributed by atoms with E-state index in [1.54, 1.807) is 0 Å². The number of carbonyl (C=O) groups is 1. The molecule has 8 heteroatoms. The van der Waals surface area contributed by atoms with Crippen LogP contribution in [0.2, 0.25) is 0 Å². The fourth-order valence-electron chi connectivity index (χ4n) is 0.472. The van der Waals surface area contributed by atoms with E-state index in [4.69, 9.17) is 36.4 Å². The molecular weight excluding hydrogens is 222 g/mol. The predicted molar refractivity (Wildman–Crippen MR) is 53.5 cm³/mol. The Morgan fingerprint density at radius 2 is 1.38 bits per heavy atom. The second kappa shape index (κ2) is 9.46. The quantitative estimate of drug-likeness (QED) is 0.260. The van der Waals surface area contributed by atoms with Crippen molar-refractivity contribution in [2.75, 3.05) is 13.2 Å². The first kappa shape index (κ1) is 17.6. The van der Waals surface area contributed by atoms with Gasteiger partial charge in [0.2, 0.25) is 0 Å². The fourth-order valence-corrected chi connectivity index (χ4v) is 0.472. The van der Waals surface area contributed by atoms with Crippen LogP contribution in [0.5, 0.6) is 0 Å². The van der Waals surface area contributed by atoms with Gasteiger partial charge in [0.05, 0.1) is 13.2 Å². The minimum atomic E-state index is -1.49. The van der Waals surface area contributed by atoms with E-state index in [0.717, 1.165) is 0 Å². The predicted octanol–water partition coefficient (Wildman–Crippen LogP) is -3.53. The molecule has 0 fully saturated rings. The van der Waals surface area contributed by atoms with Crippen molar-refractivity contribution in [3.8, 4) is 0 Å². The van der Waals surface area contributed by atoms with Gasteiger partial charge in [0.15, 0.2) is 0 Å². The maximum absolute atomic E-state index is 9.57. The highest BCUT2D eigenvalue weighted by Crippen LogP contribution is 1.97. The summed E-state index contributed by atoms with van der Waals surface area (Å²) in [5.74, 6) is -0.963. The van der Waals surface area contributed by atoms with Crippen LogP contribution in [0.25, 0.3) is 0 Å². The van der Waals surface area contributed by atoms with Crippen molar-refractivity contribution >= 4 is 5.97 Å². The first-order chi connectivity index (χ1) is 7.27. The molecule has 8 nitrogen and oxygen atoms in total. The first-order valence-electron chi connectivity index (χ1n) is 4.52. The molecule has 0 spiro atoms. The zero-order valence-corrected chi connectivity index (χ0v) is 8.89. The number of rotatable bonds is 5. The average molecular weight is 241 g/mol. The van der Waals surface area contributed by atoms with Crippen molar-refractivity contribution in [3.63, 3.8) is 0 Å². The normalized spacial score (nSPS) is 17.7. The van der Waals surface area contributed by atoms with Crippen molar-refractivity contribution in [3.05, 3.63) is 0 Å². The summed E-state index contributed by atoms with van der Waals surface area (Å²) in [5, 5.41) is 50.4. The van der Waals surface area contributed by atoms with Gasteiger partial charge in [0, 0.05) is 0 Å². The summed E-state index contributed by atoms with van der Waals surface area (Å²) in [6.07, 6.45) is -4.29. The lowest BCUT2D eigenvalue weighted by atomic mass is 10.1. The van der Waals surface area contributed by atoms with Crippen LogP contribution >= 0.6 is 0 Å². The van der Waals surface area contributed by atoms with E-state index in [9.17, 15) is 4.79 Å². The molecule has 0 aromatic rings. The maximum atomic E-state index is 9.57. The molecule has 0 amide bonds. The Hall–Kier alpha value is -0.770. The van der Waals surface area contributed by atoms with Crippen LogP contribution in [0.3, 0.4) is 0 Å². The SMILES string of the molecule is CC(N)C(=O)O.OCC(O)C(O)C(O)CO. The Bertz CT molecular complexity index is 177. The summed E-state index contributed by atoms with van der Waals surface area (Å²) in [6.45, 7) is 0.138. The van der Waals surface area contributed by atoms with Gasteiger partial charge in [-0.25, -0.2) is 0 Å². The molecule has 0 aliphatic rings. The van der Waals surface area contributed by atoms with E-state index < -0.39 is 43.5 Å². The van der Waals surface area contributed by atoms with Crippen LogP contribution in [0.15, 0.2) is 0 Å². The molecule has 3 atom stereocenters. The molecule has 0 bridgehead atoms. The zero-order chi connectivity index (χ0) is 13.3. The number of hydrogen-bond donors (Lipinski definition) is 7. The summed E-state index contributed by atoms with van der Waals surface area (Å²) in [6, 6.07) is -0.731. The lowest BCUT2D eigenvalue weighted by molar-refractivity contribution is -0.138. The van der Waals surface area contributed by atoms with E-state index >= 15 is 0 Å². The summed E-state index contributed by atoms with van der Waals surface area (Å²) >= 11 is 0. The number of carboxylic acids is 1. The largest absolute Gasteiger partial charge is 0.480 e. The van der Waals surface area contributed by atoms with Gasteiger partial charge >= 0.3 is 5.97 Å². The van der Waals surface area contributed by atoms with Gasteiger partial charge in [-0.3, -0.25) is 4.79 Å². The highest BCUT2D eigenvalue weighted by molar-refractivity contribution is 5.72. The highest BCUT2D eigenvalue weighted by atomic mass is 16.4. The summed E-state index contributed by atoms with van der Waals surface area (Å²) in [5.41, 5.74) is 4.84. The van der Waals surface area contributed by atoms with Gasteiger partial charge < -0.3 is 36.4 Å². The minimum Gasteiger partial charge on any atom is -0.480 e. The van der Waals surface area contributed by atoms with E-state index in [0.29, 0.717) is 0 Å². The van der Waals surface area contributed by atoms with Crippen molar-refractivity contribution in [1.82, 2.24) is 0 Å². The molecule has 16 heavy (non-hydrogen) atoms. The molecule has 0 aromatic carbocycles. The number of aliphatic hydroxyl groups is 5. The number of aliphatic hydroxyl groups excluding tert-OH is 5. The van der Waals surface area contributed by atoms with Crippen LogP contribution in [0, 0.1) is 0 Å². The Kier molecular flexibility index (Phi) is 10.4. The Balaban J connectivity index is 0. The monoisotopic (exact) mass is 241 g/mol. The lowest BCUT2D eigenvalue weighted by Crippen LogP contribution is -2.41. The highest BCUT2D eigenvalue weighted by Gasteiger charge is 2.22. The van der Waals surface area contributed by atoms with Gasteiger partial charge in [-0.15, -0.1) is 0 Å². The lowest BCUT2D eigenvalue weighted by Gasteiger charge is -2.19. The van der Waals surface area contributed by atoms with Gasteiger partial charge in [0.25, 0.3) is 0 Å². The van der Waals surface area contributed by atoms with Gasteiger partial charge in [-0.05, 0) is 6.92 Å². The molecule has 0 rings (SSSR count). The summed E-state index contributed by atoms with van der Waals surface area (Å²) in [7, 11) is 0. The molecule has 0 radical (unpaired) electrons. The Labute approximate surface area is 92.6 Å². The van der Waals surface area contributed by atoms with Crippen molar-refractivity contribution in [2.45, 2.75) is 31.3 Å². The van der Waals surface area contributed by atoms with Crippen LogP contribution in [0.4, 0.5) is 0 Å². The standard InChI is InChI=1S/C5H12O5.C3H7NO2/c6-1-3(8)5(10)4(9)2-7;1-2(4)3(5)6/h3-10H,1-2H2;2H,4H2,1H3,(H,5,6). The third-order valence-electron chi connectivity index (χ3n) is 1.55. The van der Waals surface area contributed by atoms with Crippen molar-refractivity contribution in [2.24, 2.45) is 5.73 Å². The molecule has 0 saturated heterocycles. The minimum absolute atomic E-state index is 0.641. The zero-order valence-electron chi connectivity index (χ0n) is 8.89. The van der Waals surface area contributed by atoms with E-state index in [2.05, 4.69) is 0 Å². The third kappa shape index (κ3) is 8.53. The van der Waals surface area contributed by atoms with E-state index in [-0.39, 0.29) is 0 Å². The van der Waals surface area contributed by atoms with Crippen molar-refractivity contribution in [1.29, 1.82) is 0 Å². The molecule has 0 heterocycles. The van der Waals surface area contributed by atoms with E-state index in [1.165, 1.54) is 6.92 Å². The second-order valence-corrected chi connectivity index (χ2v) is 3.12. The molecular formula is C8H19NO7. The summed E-state index contributed by atoms with van der Waals surface area (Å²) < 4.78 is 0. The molecule has 0 aliphatic heterocycles. The number of nitrogens with two attached hydrogens (primary N) is 1. The Morgan fingerprint density at radius 1 is 1.12 bits per heavy atom. The van der Waals surface area contributed by atoms with Crippen molar-refractivity contribution < 1.29 is 35.4 Å². The second-order valence-electron chi connectivity index (χ2n) is 3.12. The van der Waals surface area contributed by atoms with Crippen LogP contribution in [-0.4, -0.2) is 74.2 Å². The average Bonchev–Trinajstić information content (AvgIpc) is 2.26. The maximum Gasteiger partial charge on any atom is 0.320 e. The van der Waals surface area contributed by atoms with E-state index in [1.807, 2.05) is 0 Å². The molecule has 0 aliphatic carbocycles. The smallest absolute Gasteiger partial charge is 0.320 e. The number of carboxylic acid groups (broad SMARTS) is 1. The Morgan fingerprint density at radius 3 is 1.50 bits per heavy atom. The third-order valence-corrected chi connectivity index (χ3v) is 1.55.